The van der Waals surface area contributed by atoms with Crippen LogP contribution in [0.5, 0.6) is 0 Å². The van der Waals surface area contributed by atoms with E-state index in [9.17, 15) is 25.9 Å². The second-order valence-corrected chi connectivity index (χ2v) is 3.47. The van der Waals surface area contributed by atoms with Crippen LogP contribution in [0.15, 0.2) is 0 Å². The van der Waals surface area contributed by atoms with Crippen LogP contribution < -0.4 is 4.13 Å². The van der Waals surface area contributed by atoms with E-state index in [1.807, 2.05) is 0 Å². The van der Waals surface area contributed by atoms with Gasteiger partial charge >= 0.3 is 44.8 Å². The van der Waals surface area contributed by atoms with Gasteiger partial charge in [-0.2, -0.15) is 0 Å². The molecule has 0 fully saturated rings. The van der Waals surface area contributed by atoms with Crippen LogP contribution in [0.2, 0.25) is 0 Å². The van der Waals surface area contributed by atoms with Crippen molar-refractivity contribution < 1.29 is 93.1 Å². The largest absolute Gasteiger partial charge is 1.00 e. The smallest absolute Gasteiger partial charge is 0.735 e. The Morgan fingerprint density at radius 2 is 1.00 bits per heavy atom. The zero-order valence-corrected chi connectivity index (χ0v) is 10.8. The summed E-state index contributed by atoms with van der Waals surface area (Å²) in [7, 11) is -10.4. The summed E-state index contributed by atoms with van der Waals surface area (Å²) in [5.41, 5.74) is 0. The third-order valence-electron chi connectivity index (χ3n) is 0.204. The van der Waals surface area contributed by atoms with E-state index in [1.54, 1.807) is 0 Å². The molecule has 0 bridgehead atoms. The minimum Gasteiger partial charge on any atom is -0.735 e. The van der Waals surface area contributed by atoms with E-state index in [2.05, 4.69) is 0 Å². The fraction of sp³-hybridized carbons (Fsp3) is 0. The van der Waals surface area contributed by atoms with Crippen LogP contribution >= 0.6 is 0 Å². The van der Waals surface area contributed by atoms with Crippen LogP contribution in [0.1, 0.15) is 0 Å². The number of rotatable bonds is 2. The molecular formula is HAg3NO6S2. The normalized spacial score (nSPS) is 10.2. The van der Waals surface area contributed by atoms with Gasteiger partial charge in [0.1, 0.15) is 0 Å². The monoisotopic (exact) mass is 496 g/mol. The molecule has 0 rings (SSSR count). The third-order valence-corrected chi connectivity index (χ3v) is 1.84. The Kier molecular flexibility index (Phi) is 16.4. The molecule has 0 amide bonds. The zero-order valence-electron chi connectivity index (χ0n) is 4.67. The van der Waals surface area contributed by atoms with Crippen molar-refractivity contribution in [3.05, 3.63) is 0 Å². The number of hydrogen-bond acceptors (Lipinski definition) is 6. The molecule has 0 saturated carbocycles. The molecule has 0 unspecified atom stereocenters. The molecule has 0 aromatic carbocycles. The maximum atomic E-state index is 9.40. The van der Waals surface area contributed by atoms with E-state index in [0.29, 0.717) is 4.13 Å². The Hall–Kier alpha value is 2.00. The van der Waals surface area contributed by atoms with E-state index in [0.717, 1.165) is 0 Å². The predicted molar refractivity (Wildman–Crippen MR) is 22.5 cm³/mol. The molecule has 12 heteroatoms. The van der Waals surface area contributed by atoms with E-state index < -0.39 is 20.6 Å². The van der Waals surface area contributed by atoms with Crippen molar-refractivity contribution in [1.82, 2.24) is 4.13 Å². The average molecular weight is 499 g/mol. The minimum atomic E-state index is -5.18. The van der Waals surface area contributed by atoms with Gasteiger partial charge in [0, 0.05) is 22.4 Å². The molecule has 12 heavy (non-hydrogen) atoms. The number of nitrogens with one attached hydrogen (secondary N) is 1. The van der Waals surface area contributed by atoms with Crippen molar-refractivity contribution in [1.29, 1.82) is 0 Å². The standard InChI is InChI=1S/3Ag.H3NO6S2/c;;;2-8(3,4)1-9(5,6)7/h;;;1H,(H,2,3,4)(H,5,6,7)/q;2*+1;/p-2. The van der Waals surface area contributed by atoms with Crippen LogP contribution in [-0.2, 0) is 87.7 Å². The molecule has 0 spiro atoms. The van der Waals surface area contributed by atoms with Crippen molar-refractivity contribution in [2.24, 2.45) is 0 Å². The van der Waals surface area contributed by atoms with Gasteiger partial charge in [0.25, 0.3) is 0 Å². The maximum Gasteiger partial charge on any atom is 1.00 e. The molecule has 0 aromatic heterocycles. The first-order valence-electron chi connectivity index (χ1n) is 1.41. The molecular weight excluding hydrogens is 498 g/mol. The van der Waals surface area contributed by atoms with Gasteiger partial charge in [-0.25, -0.2) is 16.8 Å². The first-order chi connectivity index (χ1) is 3.71. The summed E-state index contributed by atoms with van der Waals surface area (Å²) < 4.78 is 56.7. The summed E-state index contributed by atoms with van der Waals surface area (Å²) in [4.78, 5) is 0. The Morgan fingerprint density at radius 3 is 1.00 bits per heavy atom. The van der Waals surface area contributed by atoms with Crippen molar-refractivity contribution in [3.63, 3.8) is 0 Å². The van der Waals surface area contributed by atoms with E-state index >= 15 is 0 Å². The second-order valence-electron chi connectivity index (χ2n) is 0.992. The van der Waals surface area contributed by atoms with Crippen molar-refractivity contribution in [3.8, 4) is 0 Å². The molecule has 1 radical (unpaired) electrons. The van der Waals surface area contributed by atoms with Crippen LogP contribution in [-0.4, -0.2) is 25.9 Å². The van der Waals surface area contributed by atoms with Crippen LogP contribution in [0.3, 0.4) is 0 Å². The average Bonchev–Trinajstić information content (AvgIpc) is 1.14. The molecule has 87 valence electrons. The first-order valence-corrected chi connectivity index (χ1v) is 4.22. The van der Waals surface area contributed by atoms with E-state index in [1.165, 1.54) is 0 Å². The Bertz CT molecular complexity index is 246. The van der Waals surface area contributed by atoms with Crippen molar-refractivity contribution in [2.75, 3.05) is 0 Å². The summed E-state index contributed by atoms with van der Waals surface area (Å²) in [5.74, 6) is 0. The van der Waals surface area contributed by atoms with Gasteiger partial charge in [0.05, 0.1) is 0 Å². The first kappa shape index (κ1) is 23.7. The minimum absolute atomic E-state index is 0. The number of hydrogen-bond donors (Lipinski definition) is 1. The van der Waals surface area contributed by atoms with Crippen LogP contribution in [0.4, 0.5) is 0 Å². The fourth-order valence-electron chi connectivity index (χ4n) is 0.125. The molecule has 0 saturated heterocycles. The Balaban J connectivity index is -0.000000107. The Morgan fingerprint density at radius 1 is 0.833 bits per heavy atom. The molecule has 0 atom stereocenters. The second kappa shape index (κ2) is 8.32. The topological polar surface area (TPSA) is 126 Å². The van der Waals surface area contributed by atoms with Gasteiger partial charge in [-0.05, 0) is 0 Å². The fourth-order valence-corrected chi connectivity index (χ4v) is 1.12. The van der Waals surface area contributed by atoms with Crippen LogP contribution in [0, 0.1) is 0 Å². The summed E-state index contributed by atoms with van der Waals surface area (Å²) in [6, 6.07) is 0. The quantitative estimate of drug-likeness (QED) is 0.331. The molecule has 0 aliphatic heterocycles. The predicted octanol–water partition coefficient (Wildman–Crippen LogP) is -2.51. The molecule has 7 nitrogen and oxygen atoms in total. The molecule has 0 aromatic rings. The summed E-state index contributed by atoms with van der Waals surface area (Å²) in [6.07, 6.45) is 0. The summed E-state index contributed by atoms with van der Waals surface area (Å²) in [6.45, 7) is 0. The van der Waals surface area contributed by atoms with Gasteiger partial charge in [-0.15, -0.1) is 4.13 Å². The van der Waals surface area contributed by atoms with Gasteiger partial charge in [0.15, 0.2) is 20.6 Å². The van der Waals surface area contributed by atoms with E-state index in [4.69, 9.17) is 0 Å². The van der Waals surface area contributed by atoms with Crippen molar-refractivity contribution >= 4 is 20.6 Å². The molecule has 0 aliphatic rings. The third kappa shape index (κ3) is 22.7. The molecule has 0 heterocycles. The molecule has 1 N–H and O–H groups in total. The van der Waals surface area contributed by atoms with Gasteiger partial charge in [-0.3, -0.25) is 0 Å². The zero-order chi connectivity index (χ0) is 7.71. The molecule has 0 aliphatic carbocycles. The van der Waals surface area contributed by atoms with Gasteiger partial charge < -0.3 is 9.11 Å². The summed E-state index contributed by atoms with van der Waals surface area (Å²) in [5, 5.41) is 0. The van der Waals surface area contributed by atoms with Crippen LogP contribution in [0.25, 0.3) is 0 Å². The Labute approximate surface area is 116 Å². The summed E-state index contributed by atoms with van der Waals surface area (Å²) >= 11 is 0. The SMILES string of the molecule is O=S(=O)([O-])NS(=O)(=O)[O-].[Ag+].[Ag+].[Ag]. The maximum absolute atomic E-state index is 9.40. The van der Waals surface area contributed by atoms with Crippen molar-refractivity contribution in [2.45, 2.75) is 0 Å². The van der Waals surface area contributed by atoms with Gasteiger partial charge in [0.2, 0.25) is 0 Å². The van der Waals surface area contributed by atoms with Gasteiger partial charge in [-0.1, -0.05) is 0 Å². The van der Waals surface area contributed by atoms with E-state index in [-0.39, 0.29) is 67.1 Å².